The van der Waals surface area contributed by atoms with Crippen LogP contribution in [-0.4, -0.2) is 48.5 Å². The summed E-state index contributed by atoms with van der Waals surface area (Å²) in [7, 11) is 0. The maximum absolute atomic E-state index is 13.1. The molecule has 0 radical (unpaired) electrons. The second-order valence-corrected chi connectivity index (χ2v) is 7.90. The molecule has 4 amide bonds. The van der Waals surface area contributed by atoms with Crippen molar-refractivity contribution in [3.63, 3.8) is 0 Å². The van der Waals surface area contributed by atoms with Gasteiger partial charge in [-0.05, 0) is 31.2 Å². The molecular weight excluding hydrogens is 414 g/mol. The van der Waals surface area contributed by atoms with Gasteiger partial charge in [0, 0.05) is 5.39 Å². The minimum absolute atomic E-state index is 0.178. The molecule has 9 nitrogen and oxygen atoms in total. The maximum Gasteiger partial charge on any atom is 0.325 e. The summed E-state index contributed by atoms with van der Waals surface area (Å²) in [6, 6.07) is 15.7. The summed E-state index contributed by atoms with van der Waals surface area (Å²) >= 11 is 0. The number of carbonyl (C=O) groups is 3. The number of carbonyl (C=O) groups excluding carboxylic acids is 3. The fraction of sp³-hybridized carbons (Fsp3) is 0.261. The number of para-hydroxylation sites is 3. The van der Waals surface area contributed by atoms with E-state index >= 15 is 0 Å². The molecule has 32 heavy (non-hydrogen) atoms. The van der Waals surface area contributed by atoms with E-state index < -0.39 is 29.9 Å². The molecule has 2 N–H and O–H groups in total. The van der Waals surface area contributed by atoms with Gasteiger partial charge in [0.05, 0.1) is 6.54 Å². The third-order valence-electron chi connectivity index (χ3n) is 5.59. The van der Waals surface area contributed by atoms with Crippen molar-refractivity contribution in [3.8, 4) is 11.5 Å². The minimum atomic E-state index is -1.39. The average Bonchev–Trinajstić information content (AvgIpc) is 3.33. The first-order valence-electron chi connectivity index (χ1n) is 10.2. The second-order valence-electron chi connectivity index (χ2n) is 7.90. The number of furan rings is 1. The van der Waals surface area contributed by atoms with Crippen LogP contribution in [0.25, 0.3) is 11.0 Å². The largest absolute Gasteiger partial charge is 0.486 e. The first-order chi connectivity index (χ1) is 15.4. The van der Waals surface area contributed by atoms with Crippen molar-refractivity contribution in [2.75, 3.05) is 19.7 Å². The van der Waals surface area contributed by atoms with Crippen LogP contribution in [0, 0.1) is 0 Å². The maximum atomic E-state index is 13.1. The van der Waals surface area contributed by atoms with Crippen molar-refractivity contribution in [1.82, 2.24) is 15.5 Å². The first kappa shape index (κ1) is 19.9. The van der Waals surface area contributed by atoms with Crippen molar-refractivity contribution in [2.45, 2.75) is 18.6 Å². The Bertz CT molecular complexity index is 1190. The Morgan fingerprint density at radius 3 is 2.72 bits per heavy atom. The molecule has 1 saturated heterocycles. The molecule has 0 saturated carbocycles. The molecule has 0 aliphatic carbocycles. The molecular formula is C23H21N3O6. The number of benzene rings is 2. The quantitative estimate of drug-likeness (QED) is 0.595. The SMILES string of the molecule is CC1(c2cc3ccccc3o2)NC(=O)N(CC(=O)NCC2COc3ccccc3O2)C1=O. The molecule has 2 atom stereocenters. The van der Waals surface area contributed by atoms with Gasteiger partial charge in [0.25, 0.3) is 5.91 Å². The van der Waals surface area contributed by atoms with E-state index in [4.69, 9.17) is 13.9 Å². The van der Waals surface area contributed by atoms with Gasteiger partial charge in [-0.15, -0.1) is 0 Å². The van der Waals surface area contributed by atoms with Crippen molar-refractivity contribution in [2.24, 2.45) is 0 Å². The molecule has 9 heteroatoms. The van der Waals surface area contributed by atoms with E-state index in [2.05, 4.69) is 10.6 Å². The zero-order valence-electron chi connectivity index (χ0n) is 17.3. The highest BCUT2D eigenvalue weighted by Crippen LogP contribution is 2.33. The standard InChI is InChI=1S/C23H21N3O6/c1-23(19-10-14-6-2-3-7-16(14)32-19)21(28)26(22(29)25-23)12-20(27)24-11-15-13-30-17-8-4-5-9-18(17)31-15/h2-10,15H,11-13H2,1H3,(H,24,27)(H,25,29). The Kier molecular flexibility index (Phi) is 4.73. The van der Waals surface area contributed by atoms with Gasteiger partial charge >= 0.3 is 6.03 Å². The third kappa shape index (κ3) is 3.41. The Morgan fingerprint density at radius 2 is 1.91 bits per heavy atom. The van der Waals surface area contributed by atoms with Gasteiger partial charge in [0.1, 0.15) is 30.6 Å². The van der Waals surface area contributed by atoms with E-state index in [1.807, 2.05) is 30.3 Å². The molecule has 2 aliphatic heterocycles. The smallest absolute Gasteiger partial charge is 0.325 e. The summed E-state index contributed by atoms with van der Waals surface area (Å²) in [5.74, 6) is 0.534. The van der Waals surface area contributed by atoms with Gasteiger partial charge in [0.2, 0.25) is 5.91 Å². The van der Waals surface area contributed by atoms with Gasteiger partial charge in [-0.3, -0.25) is 14.5 Å². The lowest BCUT2D eigenvalue weighted by Crippen LogP contribution is -2.46. The monoisotopic (exact) mass is 435 g/mol. The Labute approximate surface area is 183 Å². The van der Waals surface area contributed by atoms with Crippen molar-refractivity contribution in [1.29, 1.82) is 0 Å². The molecule has 0 bridgehead atoms. The van der Waals surface area contributed by atoms with Crippen LogP contribution in [0.1, 0.15) is 12.7 Å². The number of amides is 4. The third-order valence-corrected chi connectivity index (χ3v) is 5.59. The Hall–Kier alpha value is -4.01. The number of ether oxygens (including phenoxy) is 2. The number of nitrogens with zero attached hydrogens (tertiary/aromatic N) is 1. The lowest BCUT2D eigenvalue weighted by Gasteiger charge is -2.26. The number of fused-ring (bicyclic) bond motifs is 2. The summed E-state index contributed by atoms with van der Waals surface area (Å²) < 4.78 is 17.2. The van der Waals surface area contributed by atoms with Crippen LogP contribution in [0.15, 0.2) is 59.0 Å². The summed E-state index contributed by atoms with van der Waals surface area (Å²) in [5, 5.41) is 6.16. The van der Waals surface area contributed by atoms with Crippen LogP contribution >= 0.6 is 0 Å². The summed E-state index contributed by atoms with van der Waals surface area (Å²) in [6.07, 6.45) is -0.377. The van der Waals surface area contributed by atoms with E-state index in [9.17, 15) is 14.4 Å². The van der Waals surface area contributed by atoms with E-state index in [-0.39, 0.29) is 19.3 Å². The van der Waals surface area contributed by atoms with E-state index in [0.717, 1.165) is 10.3 Å². The van der Waals surface area contributed by atoms with E-state index in [0.29, 0.717) is 22.8 Å². The number of nitrogens with one attached hydrogen (secondary N) is 2. The van der Waals surface area contributed by atoms with Crippen molar-refractivity contribution < 1.29 is 28.3 Å². The zero-order chi connectivity index (χ0) is 22.3. The summed E-state index contributed by atoms with van der Waals surface area (Å²) in [4.78, 5) is 38.9. The van der Waals surface area contributed by atoms with Crippen LogP contribution < -0.4 is 20.1 Å². The highest BCUT2D eigenvalue weighted by molar-refractivity contribution is 6.09. The highest BCUT2D eigenvalue weighted by atomic mass is 16.6. The van der Waals surface area contributed by atoms with Gasteiger partial charge in [0.15, 0.2) is 17.0 Å². The number of rotatable bonds is 5. The predicted molar refractivity (Wildman–Crippen MR) is 113 cm³/mol. The Balaban J connectivity index is 1.22. The van der Waals surface area contributed by atoms with Crippen LogP contribution in [0.4, 0.5) is 4.79 Å². The van der Waals surface area contributed by atoms with Crippen LogP contribution in [0.2, 0.25) is 0 Å². The molecule has 0 spiro atoms. The molecule has 3 heterocycles. The molecule has 2 unspecified atom stereocenters. The number of hydrogen-bond acceptors (Lipinski definition) is 6. The van der Waals surface area contributed by atoms with E-state index in [1.165, 1.54) is 0 Å². The second kappa shape index (κ2) is 7.60. The average molecular weight is 435 g/mol. The molecule has 3 aromatic rings. The minimum Gasteiger partial charge on any atom is -0.486 e. The lowest BCUT2D eigenvalue weighted by molar-refractivity contribution is -0.135. The van der Waals surface area contributed by atoms with Crippen LogP contribution in [0.5, 0.6) is 11.5 Å². The first-order valence-corrected chi connectivity index (χ1v) is 10.2. The van der Waals surface area contributed by atoms with Gasteiger partial charge in [-0.2, -0.15) is 0 Å². The number of hydrogen-bond donors (Lipinski definition) is 2. The van der Waals surface area contributed by atoms with Crippen LogP contribution in [0.3, 0.4) is 0 Å². The normalized spacial score (nSPS) is 22.2. The molecule has 5 rings (SSSR count). The predicted octanol–water partition coefficient (Wildman–Crippen LogP) is 2.16. The summed E-state index contributed by atoms with van der Waals surface area (Å²) in [6.45, 7) is 1.61. The van der Waals surface area contributed by atoms with Gasteiger partial charge in [-0.25, -0.2) is 4.79 Å². The molecule has 2 aromatic carbocycles. The lowest BCUT2D eigenvalue weighted by atomic mass is 9.99. The van der Waals surface area contributed by atoms with E-state index in [1.54, 1.807) is 31.2 Å². The highest BCUT2D eigenvalue weighted by Gasteiger charge is 2.51. The zero-order valence-corrected chi connectivity index (χ0v) is 17.3. The molecule has 1 fully saturated rings. The van der Waals surface area contributed by atoms with Gasteiger partial charge in [-0.1, -0.05) is 30.3 Å². The fourth-order valence-electron chi connectivity index (χ4n) is 3.83. The molecule has 2 aliphatic rings. The number of urea groups is 1. The van der Waals surface area contributed by atoms with Gasteiger partial charge < -0.3 is 24.5 Å². The van der Waals surface area contributed by atoms with Crippen molar-refractivity contribution >= 4 is 28.8 Å². The Morgan fingerprint density at radius 1 is 1.16 bits per heavy atom. The van der Waals surface area contributed by atoms with Crippen LogP contribution in [-0.2, 0) is 15.1 Å². The topological polar surface area (TPSA) is 110 Å². The number of imide groups is 1. The summed E-state index contributed by atoms with van der Waals surface area (Å²) in [5.41, 5.74) is -0.779. The molecule has 1 aromatic heterocycles. The molecule has 164 valence electrons. The fourth-order valence-corrected chi connectivity index (χ4v) is 3.83. The van der Waals surface area contributed by atoms with Crippen molar-refractivity contribution in [3.05, 3.63) is 60.4 Å².